The van der Waals surface area contributed by atoms with Gasteiger partial charge in [0, 0.05) is 16.2 Å². The van der Waals surface area contributed by atoms with Gasteiger partial charge in [0.2, 0.25) is 0 Å². The highest BCUT2D eigenvalue weighted by molar-refractivity contribution is 9.10. The molecular formula is C15H23BrN2. The van der Waals surface area contributed by atoms with Crippen molar-refractivity contribution < 1.29 is 0 Å². The lowest BCUT2D eigenvalue weighted by molar-refractivity contribution is 0.208. The minimum absolute atomic E-state index is 0.540. The molecule has 0 radical (unpaired) electrons. The lowest BCUT2D eigenvalue weighted by Crippen LogP contribution is -2.37. The van der Waals surface area contributed by atoms with Gasteiger partial charge in [0.25, 0.3) is 0 Å². The average Bonchev–Trinajstić information content (AvgIpc) is 2.33. The molecule has 0 bridgehead atoms. The second kappa shape index (κ2) is 6.07. The van der Waals surface area contributed by atoms with E-state index in [4.69, 9.17) is 0 Å². The molecule has 1 fully saturated rings. The van der Waals surface area contributed by atoms with Crippen molar-refractivity contribution in [2.45, 2.75) is 32.7 Å². The molecule has 3 heteroatoms. The van der Waals surface area contributed by atoms with E-state index in [-0.39, 0.29) is 0 Å². The molecule has 1 aromatic rings. The Kier molecular flexibility index (Phi) is 4.68. The number of halogens is 1. The van der Waals surface area contributed by atoms with Crippen LogP contribution in [0.3, 0.4) is 0 Å². The van der Waals surface area contributed by atoms with Crippen molar-refractivity contribution >= 4 is 21.6 Å². The van der Waals surface area contributed by atoms with Crippen LogP contribution in [0.25, 0.3) is 0 Å². The molecule has 0 spiro atoms. The van der Waals surface area contributed by atoms with E-state index in [0.717, 1.165) is 5.92 Å². The lowest BCUT2D eigenvalue weighted by atomic mass is 9.90. The highest BCUT2D eigenvalue weighted by Crippen LogP contribution is 2.27. The first kappa shape index (κ1) is 13.9. The van der Waals surface area contributed by atoms with Crippen LogP contribution < -0.4 is 5.32 Å². The Morgan fingerprint density at radius 2 is 2.00 bits per heavy atom. The Balaban J connectivity index is 1.96. The van der Waals surface area contributed by atoms with Crippen LogP contribution in [-0.2, 0) is 0 Å². The first-order valence-corrected chi connectivity index (χ1v) is 7.57. The van der Waals surface area contributed by atoms with Gasteiger partial charge in [-0.25, -0.2) is 0 Å². The molecule has 2 nitrogen and oxygen atoms in total. The molecule has 1 unspecified atom stereocenters. The number of rotatable bonds is 3. The van der Waals surface area contributed by atoms with Crippen LogP contribution in [0.15, 0.2) is 22.7 Å². The van der Waals surface area contributed by atoms with Gasteiger partial charge in [0.1, 0.15) is 0 Å². The molecule has 0 saturated carbocycles. The molecule has 1 aliphatic rings. The van der Waals surface area contributed by atoms with Crippen LogP contribution in [0.2, 0.25) is 0 Å². The third-order valence-corrected chi connectivity index (χ3v) is 4.63. The Morgan fingerprint density at radius 3 is 2.61 bits per heavy atom. The fourth-order valence-corrected chi connectivity index (χ4v) is 3.24. The molecule has 0 aromatic heterocycles. The summed E-state index contributed by atoms with van der Waals surface area (Å²) in [5.41, 5.74) is 2.51. The van der Waals surface area contributed by atoms with Crippen molar-refractivity contribution in [1.29, 1.82) is 0 Å². The second-order valence-electron chi connectivity index (χ2n) is 5.56. The second-order valence-corrected chi connectivity index (χ2v) is 6.41. The van der Waals surface area contributed by atoms with E-state index in [9.17, 15) is 0 Å². The number of nitrogens with zero attached hydrogens (tertiary/aromatic N) is 1. The minimum Gasteiger partial charge on any atom is -0.381 e. The van der Waals surface area contributed by atoms with Crippen LogP contribution in [-0.4, -0.2) is 31.1 Å². The van der Waals surface area contributed by atoms with Crippen molar-refractivity contribution in [3.63, 3.8) is 0 Å². The molecule has 2 rings (SSSR count). The number of benzene rings is 1. The molecular weight excluding hydrogens is 288 g/mol. The first-order chi connectivity index (χ1) is 8.56. The quantitative estimate of drug-likeness (QED) is 0.911. The van der Waals surface area contributed by atoms with Gasteiger partial charge in [-0.05, 0) is 86.4 Å². The Hall–Kier alpha value is -0.540. The van der Waals surface area contributed by atoms with Gasteiger partial charge in [-0.15, -0.1) is 0 Å². The molecule has 1 aromatic carbocycles. The van der Waals surface area contributed by atoms with E-state index < -0.39 is 0 Å². The summed E-state index contributed by atoms with van der Waals surface area (Å²) in [6.45, 7) is 6.88. The van der Waals surface area contributed by atoms with Crippen molar-refractivity contribution in [2.24, 2.45) is 5.92 Å². The van der Waals surface area contributed by atoms with Gasteiger partial charge >= 0.3 is 0 Å². The summed E-state index contributed by atoms with van der Waals surface area (Å²) in [5.74, 6) is 0.786. The van der Waals surface area contributed by atoms with E-state index in [1.54, 1.807) is 0 Å². The third-order valence-electron chi connectivity index (χ3n) is 3.98. The largest absolute Gasteiger partial charge is 0.381 e. The normalized spacial score (nSPS) is 19.8. The summed E-state index contributed by atoms with van der Waals surface area (Å²) < 4.78 is 1.17. The number of aryl methyl sites for hydroxylation is 1. The van der Waals surface area contributed by atoms with Gasteiger partial charge in [0.15, 0.2) is 0 Å². The fraction of sp³-hybridized carbons (Fsp3) is 0.600. The topological polar surface area (TPSA) is 15.3 Å². The molecule has 18 heavy (non-hydrogen) atoms. The van der Waals surface area contributed by atoms with Crippen molar-refractivity contribution in [2.75, 3.05) is 25.5 Å². The Bertz CT molecular complexity index is 397. The molecule has 100 valence electrons. The van der Waals surface area contributed by atoms with Crippen molar-refractivity contribution in [3.8, 4) is 0 Å². The van der Waals surface area contributed by atoms with Gasteiger partial charge in [-0.1, -0.05) is 6.07 Å². The van der Waals surface area contributed by atoms with E-state index in [2.05, 4.69) is 65.2 Å². The van der Waals surface area contributed by atoms with E-state index in [0.29, 0.717) is 6.04 Å². The molecule has 0 aliphatic carbocycles. The first-order valence-electron chi connectivity index (χ1n) is 6.77. The predicted molar refractivity (Wildman–Crippen MR) is 82.2 cm³/mol. The van der Waals surface area contributed by atoms with E-state index in [1.165, 1.54) is 41.7 Å². The lowest BCUT2D eigenvalue weighted by Gasteiger charge is -2.33. The summed E-state index contributed by atoms with van der Waals surface area (Å²) >= 11 is 3.64. The van der Waals surface area contributed by atoms with Crippen molar-refractivity contribution in [3.05, 3.63) is 28.2 Å². The van der Waals surface area contributed by atoms with Crippen LogP contribution >= 0.6 is 15.9 Å². The summed E-state index contributed by atoms with van der Waals surface area (Å²) in [5, 5.41) is 3.66. The summed E-state index contributed by atoms with van der Waals surface area (Å²) in [6.07, 6.45) is 2.60. The van der Waals surface area contributed by atoms with E-state index >= 15 is 0 Å². The highest BCUT2D eigenvalue weighted by atomic mass is 79.9. The summed E-state index contributed by atoms with van der Waals surface area (Å²) in [7, 11) is 2.21. The van der Waals surface area contributed by atoms with Crippen LogP contribution in [0.1, 0.15) is 25.3 Å². The number of hydrogen-bond donors (Lipinski definition) is 1. The van der Waals surface area contributed by atoms with Crippen molar-refractivity contribution in [1.82, 2.24) is 4.90 Å². The minimum atomic E-state index is 0.540. The van der Waals surface area contributed by atoms with E-state index in [1.807, 2.05) is 0 Å². The molecule has 1 N–H and O–H groups in total. The van der Waals surface area contributed by atoms with Gasteiger partial charge in [-0.2, -0.15) is 0 Å². The van der Waals surface area contributed by atoms with Gasteiger partial charge < -0.3 is 10.2 Å². The maximum absolute atomic E-state index is 3.66. The number of piperidine rings is 1. The molecule has 1 heterocycles. The zero-order valence-corrected chi connectivity index (χ0v) is 13.1. The summed E-state index contributed by atoms with van der Waals surface area (Å²) in [6, 6.07) is 7.04. The zero-order chi connectivity index (χ0) is 13.1. The predicted octanol–water partition coefficient (Wildman–Crippen LogP) is 3.90. The summed E-state index contributed by atoms with van der Waals surface area (Å²) in [4.78, 5) is 2.42. The maximum atomic E-state index is 3.66. The number of nitrogens with one attached hydrogen (secondary N) is 1. The number of hydrogen-bond acceptors (Lipinski definition) is 2. The monoisotopic (exact) mass is 310 g/mol. The number of likely N-dealkylation sites (tertiary alicyclic amines) is 1. The Morgan fingerprint density at radius 1 is 1.33 bits per heavy atom. The van der Waals surface area contributed by atoms with Crippen LogP contribution in [0, 0.1) is 12.8 Å². The van der Waals surface area contributed by atoms with Gasteiger partial charge in [0.05, 0.1) is 0 Å². The highest BCUT2D eigenvalue weighted by Gasteiger charge is 2.22. The standard InChI is InChI=1S/C15H23BrN2/c1-11-4-5-15(14(16)10-11)17-12(2)13-6-8-18(3)9-7-13/h4-5,10,12-13,17H,6-9H2,1-3H3. The third kappa shape index (κ3) is 3.48. The van der Waals surface area contributed by atoms with Crippen LogP contribution in [0.5, 0.6) is 0 Å². The number of anilines is 1. The Labute approximate surface area is 119 Å². The zero-order valence-electron chi connectivity index (χ0n) is 11.5. The molecule has 1 saturated heterocycles. The smallest absolute Gasteiger partial charge is 0.0486 e. The molecule has 0 amide bonds. The van der Waals surface area contributed by atoms with Gasteiger partial charge in [-0.3, -0.25) is 0 Å². The SMILES string of the molecule is Cc1ccc(NC(C)C2CCN(C)CC2)c(Br)c1. The van der Waals surface area contributed by atoms with Crippen LogP contribution in [0.4, 0.5) is 5.69 Å². The maximum Gasteiger partial charge on any atom is 0.0486 e. The average molecular weight is 311 g/mol. The molecule has 1 atom stereocenters. The molecule has 1 aliphatic heterocycles. The fourth-order valence-electron chi connectivity index (χ4n) is 2.63.